The zero-order valence-corrected chi connectivity index (χ0v) is 15.9. The summed E-state index contributed by atoms with van der Waals surface area (Å²) in [5.74, 6) is -0.671. The molecule has 12 heteroatoms. The quantitative estimate of drug-likeness (QED) is 0.162. The summed E-state index contributed by atoms with van der Waals surface area (Å²) in [5, 5.41) is 69.0. The smallest absolute Gasteiger partial charge is 0.333 e. The molecule has 0 spiro atoms. The molecule has 0 bridgehead atoms. The number of hydrogen-bond acceptors (Lipinski definition) is 12. The Kier molecular flexibility index (Phi) is 8.48. The Morgan fingerprint density at radius 3 is 1.83 bits per heavy atom. The first-order chi connectivity index (χ1) is 13.6. The molecule has 10 atom stereocenters. The van der Waals surface area contributed by atoms with Crippen LogP contribution < -0.4 is 0 Å². The van der Waals surface area contributed by atoms with Crippen molar-refractivity contribution in [3.05, 3.63) is 11.6 Å². The van der Waals surface area contributed by atoms with Crippen LogP contribution in [-0.2, 0) is 23.7 Å². The monoisotopic (exact) mass is 424 g/mol. The van der Waals surface area contributed by atoms with Crippen molar-refractivity contribution in [1.82, 2.24) is 0 Å². The van der Waals surface area contributed by atoms with Crippen LogP contribution in [0.15, 0.2) is 11.6 Å². The van der Waals surface area contributed by atoms with Crippen molar-refractivity contribution >= 4 is 5.97 Å². The Balaban J connectivity index is 2.06. The molecule has 0 radical (unpaired) electrons. The fourth-order valence-corrected chi connectivity index (χ4v) is 2.87. The average Bonchev–Trinajstić information content (AvgIpc) is 2.72. The molecule has 29 heavy (non-hydrogen) atoms. The summed E-state index contributed by atoms with van der Waals surface area (Å²) in [6.07, 6.45) is -14.5. The molecule has 0 aliphatic carbocycles. The SMILES string of the molecule is C/C=C(\C)C(=O)OCC1OC(OC2OC(CO)C(O)C(O)C2O)C(O)C(O)C1O. The van der Waals surface area contributed by atoms with E-state index in [0.29, 0.717) is 5.57 Å². The lowest BCUT2D eigenvalue weighted by Crippen LogP contribution is -2.63. The number of ether oxygens (including phenoxy) is 4. The number of esters is 1. The summed E-state index contributed by atoms with van der Waals surface area (Å²) in [7, 11) is 0. The molecule has 10 unspecified atom stereocenters. The van der Waals surface area contributed by atoms with Crippen molar-refractivity contribution in [3.63, 3.8) is 0 Å². The number of rotatable bonds is 6. The maximum Gasteiger partial charge on any atom is 0.333 e. The number of carbonyl (C=O) groups is 1. The van der Waals surface area contributed by atoms with Gasteiger partial charge in [0.1, 0.15) is 55.4 Å². The molecule has 0 aromatic heterocycles. The van der Waals surface area contributed by atoms with E-state index in [1.54, 1.807) is 6.92 Å². The van der Waals surface area contributed by atoms with Gasteiger partial charge in [0.25, 0.3) is 0 Å². The fraction of sp³-hybridized carbons (Fsp3) is 0.824. The third kappa shape index (κ3) is 5.30. The third-order valence-corrected chi connectivity index (χ3v) is 4.92. The minimum atomic E-state index is -1.78. The number of allylic oxidation sites excluding steroid dienone is 1. The van der Waals surface area contributed by atoms with Gasteiger partial charge in [0, 0.05) is 5.57 Å². The predicted molar refractivity (Wildman–Crippen MR) is 91.9 cm³/mol. The van der Waals surface area contributed by atoms with E-state index in [1.165, 1.54) is 13.0 Å². The lowest BCUT2D eigenvalue weighted by atomic mass is 9.98. The molecule has 7 N–H and O–H groups in total. The van der Waals surface area contributed by atoms with Crippen LogP contribution in [0, 0.1) is 0 Å². The zero-order chi connectivity index (χ0) is 21.9. The standard InChI is InChI=1S/C17H28O12/c1-3-6(2)15(25)26-5-8-10(20)12(22)14(24)17(28-8)29-16-13(23)11(21)9(19)7(4-18)27-16/h3,7-14,16-24H,4-5H2,1-2H3/b6-3+. The Morgan fingerprint density at radius 1 is 0.862 bits per heavy atom. The van der Waals surface area contributed by atoms with Gasteiger partial charge < -0.3 is 54.7 Å². The molecule has 168 valence electrons. The van der Waals surface area contributed by atoms with Crippen LogP contribution in [-0.4, -0.2) is 116 Å². The highest BCUT2D eigenvalue weighted by atomic mass is 16.8. The van der Waals surface area contributed by atoms with Crippen molar-refractivity contribution in [1.29, 1.82) is 0 Å². The van der Waals surface area contributed by atoms with E-state index < -0.39 is 80.6 Å². The predicted octanol–water partition coefficient (Wildman–Crippen LogP) is -3.88. The Hall–Kier alpha value is -1.19. The number of hydrogen-bond donors (Lipinski definition) is 7. The molecule has 2 saturated heterocycles. The van der Waals surface area contributed by atoms with Gasteiger partial charge in [-0.2, -0.15) is 0 Å². The molecule has 2 rings (SSSR count). The van der Waals surface area contributed by atoms with Crippen LogP contribution in [0.1, 0.15) is 13.8 Å². The summed E-state index contributed by atoms with van der Waals surface area (Å²) < 4.78 is 20.8. The molecule has 0 aromatic rings. The van der Waals surface area contributed by atoms with Crippen LogP contribution in [0.3, 0.4) is 0 Å². The topological polar surface area (TPSA) is 196 Å². The number of aliphatic hydroxyl groups is 7. The van der Waals surface area contributed by atoms with E-state index in [9.17, 15) is 40.5 Å². The lowest BCUT2D eigenvalue weighted by molar-refractivity contribution is -0.376. The molecular formula is C17H28O12. The Bertz CT molecular complexity index is 581. The van der Waals surface area contributed by atoms with Crippen molar-refractivity contribution in [2.45, 2.75) is 75.3 Å². The van der Waals surface area contributed by atoms with Crippen LogP contribution in [0.25, 0.3) is 0 Å². The van der Waals surface area contributed by atoms with Gasteiger partial charge in [0.05, 0.1) is 6.61 Å². The second-order valence-corrected chi connectivity index (χ2v) is 6.92. The van der Waals surface area contributed by atoms with Crippen LogP contribution in [0.5, 0.6) is 0 Å². The first-order valence-electron chi connectivity index (χ1n) is 9.08. The van der Waals surface area contributed by atoms with Gasteiger partial charge in [-0.05, 0) is 13.8 Å². The van der Waals surface area contributed by atoms with Gasteiger partial charge in [0.15, 0.2) is 12.6 Å². The van der Waals surface area contributed by atoms with E-state index in [1.807, 2.05) is 0 Å². The summed E-state index contributed by atoms with van der Waals surface area (Å²) in [5.41, 5.74) is 0.310. The molecule has 0 saturated carbocycles. The number of aliphatic hydroxyl groups excluding tert-OH is 7. The van der Waals surface area contributed by atoms with Crippen LogP contribution in [0.2, 0.25) is 0 Å². The van der Waals surface area contributed by atoms with Gasteiger partial charge in [-0.1, -0.05) is 6.08 Å². The second-order valence-electron chi connectivity index (χ2n) is 6.92. The van der Waals surface area contributed by atoms with Gasteiger partial charge in [-0.3, -0.25) is 0 Å². The fourth-order valence-electron chi connectivity index (χ4n) is 2.87. The molecule has 2 heterocycles. The van der Waals surface area contributed by atoms with Crippen molar-refractivity contribution in [2.24, 2.45) is 0 Å². The highest BCUT2D eigenvalue weighted by Crippen LogP contribution is 2.28. The first-order valence-corrected chi connectivity index (χ1v) is 9.08. The van der Waals surface area contributed by atoms with Crippen molar-refractivity contribution < 1.29 is 59.5 Å². The molecule has 0 aromatic carbocycles. The minimum absolute atomic E-state index is 0.310. The summed E-state index contributed by atoms with van der Waals surface area (Å²) in [6, 6.07) is 0. The molecule has 2 fully saturated rings. The normalized spacial score (nSPS) is 43.8. The van der Waals surface area contributed by atoms with E-state index >= 15 is 0 Å². The van der Waals surface area contributed by atoms with Crippen molar-refractivity contribution in [3.8, 4) is 0 Å². The minimum Gasteiger partial charge on any atom is -0.459 e. The van der Waals surface area contributed by atoms with Gasteiger partial charge in [-0.25, -0.2) is 4.79 Å². The zero-order valence-electron chi connectivity index (χ0n) is 15.9. The molecule has 0 amide bonds. The van der Waals surface area contributed by atoms with Crippen LogP contribution >= 0.6 is 0 Å². The molecule has 2 aliphatic rings. The Morgan fingerprint density at radius 2 is 1.34 bits per heavy atom. The van der Waals surface area contributed by atoms with E-state index in [2.05, 4.69) is 0 Å². The summed E-state index contributed by atoms with van der Waals surface area (Å²) in [4.78, 5) is 11.7. The first kappa shape index (κ1) is 24.1. The van der Waals surface area contributed by atoms with Crippen LogP contribution in [0.4, 0.5) is 0 Å². The van der Waals surface area contributed by atoms with Gasteiger partial charge >= 0.3 is 5.97 Å². The van der Waals surface area contributed by atoms with E-state index in [4.69, 9.17) is 18.9 Å². The summed E-state index contributed by atoms with van der Waals surface area (Å²) >= 11 is 0. The highest BCUT2D eigenvalue weighted by Gasteiger charge is 2.49. The summed E-state index contributed by atoms with van der Waals surface area (Å²) in [6.45, 7) is 1.99. The second kappa shape index (κ2) is 10.2. The largest absolute Gasteiger partial charge is 0.459 e. The molecule has 2 aliphatic heterocycles. The molecule has 12 nitrogen and oxygen atoms in total. The van der Waals surface area contributed by atoms with Gasteiger partial charge in [0.2, 0.25) is 0 Å². The van der Waals surface area contributed by atoms with Gasteiger partial charge in [-0.15, -0.1) is 0 Å². The number of carbonyl (C=O) groups excluding carboxylic acids is 1. The lowest BCUT2D eigenvalue weighted by Gasteiger charge is -2.44. The Labute approximate surface area is 166 Å². The molecular weight excluding hydrogens is 396 g/mol. The average molecular weight is 424 g/mol. The third-order valence-electron chi connectivity index (χ3n) is 4.92. The maximum absolute atomic E-state index is 11.7. The highest BCUT2D eigenvalue weighted by molar-refractivity contribution is 5.87. The van der Waals surface area contributed by atoms with E-state index in [0.717, 1.165) is 0 Å². The maximum atomic E-state index is 11.7. The van der Waals surface area contributed by atoms with Crippen molar-refractivity contribution in [2.75, 3.05) is 13.2 Å². The van der Waals surface area contributed by atoms with E-state index in [-0.39, 0.29) is 0 Å².